The Kier molecular flexibility index (Phi) is 7.62. The van der Waals surface area contributed by atoms with E-state index >= 15 is 0 Å². The molecule has 20 heavy (non-hydrogen) atoms. The minimum absolute atomic E-state index is 0.0440. The molecule has 1 rings (SSSR count). The summed E-state index contributed by atoms with van der Waals surface area (Å²) in [5.74, 6) is 0.681. The average Bonchev–Trinajstić information content (AvgIpc) is 2.48. The Hall–Kier alpha value is -1.65. The summed E-state index contributed by atoms with van der Waals surface area (Å²) in [6.45, 7) is 5.93. The van der Waals surface area contributed by atoms with E-state index in [1.165, 1.54) is 19.2 Å². The first kappa shape index (κ1) is 16.4. The van der Waals surface area contributed by atoms with Crippen molar-refractivity contribution in [3.8, 4) is 0 Å². The van der Waals surface area contributed by atoms with Gasteiger partial charge in [-0.1, -0.05) is 33.1 Å². The first-order valence-corrected chi connectivity index (χ1v) is 7.50. The van der Waals surface area contributed by atoms with E-state index in [1.54, 1.807) is 11.0 Å². The van der Waals surface area contributed by atoms with Crippen molar-refractivity contribution in [3.63, 3.8) is 0 Å². The Labute approximate surface area is 121 Å². The number of anilines is 1. The smallest absolute Gasteiger partial charge is 0.272 e. The van der Waals surface area contributed by atoms with Crippen LogP contribution in [0.4, 0.5) is 5.82 Å². The van der Waals surface area contributed by atoms with Crippen molar-refractivity contribution in [1.82, 2.24) is 14.9 Å². The molecule has 0 aromatic carbocycles. The van der Waals surface area contributed by atoms with Crippen LogP contribution in [0.5, 0.6) is 0 Å². The van der Waals surface area contributed by atoms with Crippen LogP contribution in [0.15, 0.2) is 12.4 Å². The Balaban J connectivity index is 2.55. The van der Waals surface area contributed by atoms with Crippen LogP contribution in [0.2, 0.25) is 0 Å². The van der Waals surface area contributed by atoms with Crippen LogP contribution in [0.3, 0.4) is 0 Å². The number of nitrogens with one attached hydrogen (secondary N) is 1. The molecule has 0 saturated carbocycles. The maximum absolute atomic E-state index is 12.2. The van der Waals surface area contributed by atoms with Crippen molar-refractivity contribution in [2.75, 3.05) is 25.5 Å². The van der Waals surface area contributed by atoms with Crippen LogP contribution < -0.4 is 5.32 Å². The molecule has 112 valence electrons. The van der Waals surface area contributed by atoms with E-state index < -0.39 is 0 Å². The van der Waals surface area contributed by atoms with Gasteiger partial charge in [0.2, 0.25) is 0 Å². The molecule has 1 N–H and O–H groups in total. The van der Waals surface area contributed by atoms with Gasteiger partial charge in [-0.2, -0.15) is 0 Å². The Morgan fingerprint density at radius 3 is 2.65 bits per heavy atom. The van der Waals surface area contributed by atoms with Gasteiger partial charge in [-0.25, -0.2) is 9.97 Å². The molecular weight excluding hydrogens is 252 g/mol. The first-order valence-electron chi connectivity index (χ1n) is 7.50. The lowest BCUT2D eigenvalue weighted by Gasteiger charge is -2.16. The van der Waals surface area contributed by atoms with E-state index in [4.69, 9.17) is 0 Å². The summed E-state index contributed by atoms with van der Waals surface area (Å²) >= 11 is 0. The van der Waals surface area contributed by atoms with E-state index in [1.807, 2.05) is 7.05 Å². The normalized spacial score (nSPS) is 10.3. The number of carbonyl (C=O) groups is 1. The zero-order valence-corrected chi connectivity index (χ0v) is 12.9. The molecule has 0 atom stereocenters. The van der Waals surface area contributed by atoms with E-state index in [-0.39, 0.29) is 5.91 Å². The molecule has 0 aliphatic carbocycles. The molecule has 0 spiro atoms. The van der Waals surface area contributed by atoms with Crippen LogP contribution >= 0.6 is 0 Å². The largest absolute Gasteiger partial charge is 0.370 e. The minimum Gasteiger partial charge on any atom is -0.370 e. The van der Waals surface area contributed by atoms with Crippen LogP contribution in [-0.2, 0) is 0 Å². The lowest BCUT2D eigenvalue weighted by Crippen LogP contribution is -2.28. The number of nitrogens with zero attached hydrogens (tertiary/aromatic N) is 3. The second kappa shape index (κ2) is 9.28. The van der Waals surface area contributed by atoms with Crippen molar-refractivity contribution in [2.45, 2.75) is 46.0 Å². The van der Waals surface area contributed by atoms with Gasteiger partial charge >= 0.3 is 0 Å². The topological polar surface area (TPSA) is 58.1 Å². The molecule has 1 aromatic heterocycles. The summed E-state index contributed by atoms with van der Waals surface area (Å²) in [5.41, 5.74) is 0.455. The van der Waals surface area contributed by atoms with Gasteiger partial charge in [0.15, 0.2) is 0 Å². The van der Waals surface area contributed by atoms with Crippen molar-refractivity contribution >= 4 is 11.7 Å². The number of rotatable bonds is 9. The van der Waals surface area contributed by atoms with Gasteiger partial charge in [0.05, 0.1) is 0 Å². The fourth-order valence-corrected chi connectivity index (χ4v) is 1.85. The highest BCUT2D eigenvalue weighted by Crippen LogP contribution is 2.07. The standard InChI is InChI=1S/C15H26N4O/c1-4-6-8-9-16-14-11-13(17-12-18-14)15(20)19(3)10-7-5-2/h11-12H,4-10H2,1-3H3,(H,16,17,18). The van der Waals surface area contributed by atoms with Gasteiger partial charge in [0.25, 0.3) is 5.91 Å². The predicted molar refractivity (Wildman–Crippen MR) is 81.9 cm³/mol. The molecular formula is C15H26N4O. The highest BCUT2D eigenvalue weighted by molar-refractivity contribution is 5.92. The first-order chi connectivity index (χ1) is 9.69. The van der Waals surface area contributed by atoms with Crippen molar-refractivity contribution < 1.29 is 4.79 Å². The van der Waals surface area contributed by atoms with E-state index in [0.29, 0.717) is 5.69 Å². The molecule has 0 aliphatic rings. The molecule has 5 heteroatoms. The van der Waals surface area contributed by atoms with Crippen molar-refractivity contribution in [1.29, 1.82) is 0 Å². The number of carbonyl (C=O) groups excluding carboxylic acids is 1. The van der Waals surface area contributed by atoms with Gasteiger partial charge in [-0.3, -0.25) is 4.79 Å². The molecule has 0 unspecified atom stereocenters. The van der Waals surface area contributed by atoms with Crippen LogP contribution in [0.1, 0.15) is 56.4 Å². The second-order valence-corrected chi connectivity index (χ2v) is 5.00. The number of unbranched alkanes of at least 4 members (excludes halogenated alkanes) is 3. The minimum atomic E-state index is -0.0440. The quantitative estimate of drug-likeness (QED) is 0.706. The summed E-state index contributed by atoms with van der Waals surface area (Å²) in [6.07, 6.45) is 7.03. The van der Waals surface area contributed by atoms with Crippen molar-refractivity contribution in [3.05, 3.63) is 18.1 Å². The summed E-state index contributed by atoms with van der Waals surface area (Å²) in [4.78, 5) is 22.1. The molecule has 0 aliphatic heterocycles. The average molecular weight is 278 g/mol. The number of aromatic nitrogens is 2. The predicted octanol–water partition coefficient (Wildman–Crippen LogP) is 2.95. The monoisotopic (exact) mass is 278 g/mol. The van der Waals surface area contributed by atoms with E-state index in [0.717, 1.165) is 38.2 Å². The Morgan fingerprint density at radius 2 is 1.95 bits per heavy atom. The maximum Gasteiger partial charge on any atom is 0.272 e. The zero-order valence-electron chi connectivity index (χ0n) is 12.9. The number of hydrogen-bond donors (Lipinski definition) is 1. The van der Waals surface area contributed by atoms with Crippen LogP contribution in [-0.4, -0.2) is 40.9 Å². The molecule has 0 radical (unpaired) electrons. The number of amides is 1. The van der Waals surface area contributed by atoms with Gasteiger partial charge < -0.3 is 10.2 Å². The van der Waals surface area contributed by atoms with Crippen LogP contribution in [0, 0.1) is 0 Å². The highest BCUT2D eigenvalue weighted by Gasteiger charge is 2.13. The summed E-state index contributed by atoms with van der Waals surface area (Å²) in [5, 5.41) is 3.23. The summed E-state index contributed by atoms with van der Waals surface area (Å²) in [6, 6.07) is 1.73. The van der Waals surface area contributed by atoms with Crippen LogP contribution in [0.25, 0.3) is 0 Å². The maximum atomic E-state index is 12.2. The molecule has 0 fully saturated rings. The third-order valence-electron chi connectivity index (χ3n) is 3.17. The van der Waals surface area contributed by atoms with Crippen molar-refractivity contribution in [2.24, 2.45) is 0 Å². The molecule has 1 aromatic rings. The summed E-state index contributed by atoms with van der Waals surface area (Å²) in [7, 11) is 1.81. The van der Waals surface area contributed by atoms with Gasteiger partial charge in [0.1, 0.15) is 17.8 Å². The third kappa shape index (κ3) is 5.55. The lowest BCUT2D eigenvalue weighted by molar-refractivity contribution is 0.0787. The highest BCUT2D eigenvalue weighted by atomic mass is 16.2. The Bertz CT molecular complexity index is 409. The molecule has 1 heterocycles. The Morgan fingerprint density at radius 1 is 1.20 bits per heavy atom. The molecule has 5 nitrogen and oxygen atoms in total. The number of hydrogen-bond acceptors (Lipinski definition) is 4. The summed E-state index contributed by atoms with van der Waals surface area (Å²) < 4.78 is 0. The second-order valence-electron chi connectivity index (χ2n) is 5.00. The fraction of sp³-hybridized carbons (Fsp3) is 0.667. The van der Waals surface area contributed by atoms with E-state index in [2.05, 4.69) is 29.1 Å². The zero-order chi connectivity index (χ0) is 14.8. The molecule has 0 bridgehead atoms. The lowest BCUT2D eigenvalue weighted by atomic mass is 10.2. The fourth-order valence-electron chi connectivity index (χ4n) is 1.85. The van der Waals surface area contributed by atoms with Gasteiger partial charge in [0, 0.05) is 26.2 Å². The molecule has 1 amide bonds. The SMILES string of the molecule is CCCCCNc1cc(C(=O)N(C)CCCC)ncn1. The van der Waals surface area contributed by atoms with Gasteiger partial charge in [-0.05, 0) is 12.8 Å². The van der Waals surface area contributed by atoms with Gasteiger partial charge in [-0.15, -0.1) is 0 Å². The third-order valence-corrected chi connectivity index (χ3v) is 3.17. The molecule has 0 saturated heterocycles. The van der Waals surface area contributed by atoms with E-state index in [9.17, 15) is 4.79 Å².